The minimum atomic E-state index is -0.866. The molecule has 0 saturated heterocycles. The summed E-state index contributed by atoms with van der Waals surface area (Å²) in [6.45, 7) is 0. The molecule has 4 aromatic rings. The zero-order valence-corrected chi connectivity index (χ0v) is 18.2. The second-order valence-electron chi connectivity index (χ2n) is 8.93. The van der Waals surface area contributed by atoms with E-state index in [4.69, 9.17) is 0 Å². The molecule has 3 aliphatic rings. The highest BCUT2D eigenvalue weighted by Crippen LogP contribution is 2.56. The van der Waals surface area contributed by atoms with Gasteiger partial charge in [-0.1, -0.05) is 60.7 Å². The van der Waals surface area contributed by atoms with E-state index in [2.05, 4.69) is 22.8 Å². The van der Waals surface area contributed by atoms with Crippen LogP contribution in [0, 0.1) is 0 Å². The van der Waals surface area contributed by atoms with Crippen LogP contribution in [0.5, 0.6) is 0 Å². The summed E-state index contributed by atoms with van der Waals surface area (Å²) < 4.78 is 0. The van der Waals surface area contributed by atoms with Crippen LogP contribution in [0.25, 0.3) is 11.1 Å². The maximum atomic E-state index is 12.6. The van der Waals surface area contributed by atoms with Crippen LogP contribution in [0.3, 0.4) is 0 Å². The van der Waals surface area contributed by atoms with Crippen LogP contribution in [0.2, 0.25) is 0 Å². The number of carbonyl (C=O) groups is 4. The molecule has 0 bridgehead atoms. The van der Waals surface area contributed by atoms with Crippen molar-refractivity contribution in [2.45, 2.75) is 5.41 Å². The molecule has 4 amide bonds. The Labute approximate surface area is 199 Å². The Bertz CT molecular complexity index is 1560. The SMILES string of the molecule is O=C1NC(=O)c2cc(C3(c4ccc5c(c4)C(=O)NC5=O)c4ccccc4-c4ccccc43)ccc21. The molecule has 35 heavy (non-hydrogen) atoms. The van der Waals surface area contributed by atoms with Crippen molar-refractivity contribution in [1.29, 1.82) is 0 Å². The Morgan fingerprint density at radius 3 is 1.29 bits per heavy atom. The van der Waals surface area contributed by atoms with Gasteiger partial charge in [0, 0.05) is 0 Å². The van der Waals surface area contributed by atoms with E-state index in [9.17, 15) is 19.2 Å². The maximum absolute atomic E-state index is 12.6. The standard InChI is InChI=1S/C29H16N2O4/c32-25-19-11-9-15(13-21(19)27(34)30-25)29(16-10-12-20-22(14-16)28(35)31-26(20)33)23-7-3-1-5-17(23)18-6-2-4-8-24(18)29/h1-14H,(H,30,32,34)(H,31,33,35). The van der Waals surface area contributed by atoms with Gasteiger partial charge in [-0.15, -0.1) is 0 Å². The highest BCUT2D eigenvalue weighted by Gasteiger charge is 2.47. The Balaban J connectivity index is 1.61. The van der Waals surface area contributed by atoms with Crippen molar-refractivity contribution in [2.75, 3.05) is 0 Å². The first-order valence-electron chi connectivity index (χ1n) is 11.2. The first kappa shape index (κ1) is 19.6. The third-order valence-electron chi connectivity index (χ3n) is 7.29. The lowest BCUT2D eigenvalue weighted by molar-refractivity contribution is 0.0863. The highest BCUT2D eigenvalue weighted by atomic mass is 16.2. The van der Waals surface area contributed by atoms with Crippen LogP contribution < -0.4 is 10.6 Å². The summed E-state index contributed by atoms with van der Waals surface area (Å²) in [6, 6.07) is 26.7. The van der Waals surface area contributed by atoms with Gasteiger partial charge in [0.15, 0.2) is 0 Å². The van der Waals surface area contributed by atoms with Gasteiger partial charge in [-0.3, -0.25) is 29.8 Å². The number of benzene rings is 4. The van der Waals surface area contributed by atoms with Gasteiger partial charge in [-0.25, -0.2) is 0 Å². The summed E-state index contributed by atoms with van der Waals surface area (Å²) in [5.41, 5.74) is 6.13. The molecule has 0 fully saturated rings. The molecule has 6 nitrogen and oxygen atoms in total. The summed E-state index contributed by atoms with van der Waals surface area (Å²) in [6.07, 6.45) is 0. The average Bonchev–Trinajstić information content (AvgIpc) is 3.46. The van der Waals surface area contributed by atoms with Gasteiger partial charge in [0.2, 0.25) is 0 Å². The normalized spacial score (nSPS) is 16.3. The van der Waals surface area contributed by atoms with Gasteiger partial charge in [0.25, 0.3) is 23.6 Å². The van der Waals surface area contributed by atoms with E-state index in [1.807, 2.05) is 48.5 Å². The molecule has 166 valence electrons. The predicted octanol–water partition coefficient (Wildman–Crippen LogP) is 3.82. The van der Waals surface area contributed by atoms with Gasteiger partial charge >= 0.3 is 0 Å². The second-order valence-corrected chi connectivity index (χ2v) is 8.93. The second kappa shape index (κ2) is 6.61. The lowest BCUT2D eigenvalue weighted by Gasteiger charge is -2.34. The number of hydrogen-bond acceptors (Lipinski definition) is 4. The van der Waals surface area contributed by atoms with Crippen LogP contribution in [-0.4, -0.2) is 23.6 Å². The fourth-order valence-electron chi connectivity index (χ4n) is 5.83. The summed E-state index contributed by atoms with van der Waals surface area (Å²) >= 11 is 0. The van der Waals surface area contributed by atoms with E-state index in [1.165, 1.54) is 0 Å². The third kappa shape index (κ3) is 2.38. The van der Waals surface area contributed by atoms with Crippen molar-refractivity contribution in [3.63, 3.8) is 0 Å². The maximum Gasteiger partial charge on any atom is 0.258 e. The highest BCUT2D eigenvalue weighted by molar-refractivity contribution is 6.22. The van der Waals surface area contributed by atoms with Crippen LogP contribution >= 0.6 is 0 Å². The molecule has 0 saturated carbocycles. The van der Waals surface area contributed by atoms with Crippen LogP contribution in [0.15, 0.2) is 84.9 Å². The van der Waals surface area contributed by atoms with Crippen molar-refractivity contribution in [3.8, 4) is 11.1 Å². The minimum absolute atomic E-state index is 0.322. The summed E-state index contributed by atoms with van der Waals surface area (Å²) in [7, 11) is 0. The zero-order valence-electron chi connectivity index (χ0n) is 18.2. The lowest BCUT2D eigenvalue weighted by atomic mass is 9.67. The smallest absolute Gasteiger partial charge is 0.258 e. The number of carbonyl (C=O) groups excluding carboxylic acids is 4. The zero-order chi connectivity index (χ0) is 23.9. The van der Waals surface area contributed by atoms with Crippen molar-refractivity contribution in [3.05, 3.63) is 129 Å². The van der Waals surface area contributed by atoms with Gasteiger partial charge in [0.1, 0.15) is 0 Å². The topological polar surface area (TPSA) is 92.3 Å². The molecule has 2 aliphatic heterocycles. The van der Waals surface area contributed by atoms with E-state index in [1.54, 1.807) is 24.3 Å². The lowest BCUT2D eigenvalue weighted by Crippen LogP contribution is -2.29. The number of nitrogens with one attached hydrogen (secondary N) is 2. The van der Waals surface area contributed by atoms with Gasteiger partial charge < -0.3 is 0 Å². The summed E-state index contributed by atoms with van der Waals surface area (Å²) in [5.74, 6) is -1.68. The van der Waals surface area contributed by atoms with Gasteiger partial charge in [0.05, 0.1) is 27.7 Å². The predicted molar refractivity (Wildman–Crippen MR) is 127 cm³/mol. The Morgan fingerprint density at radius 2 is 0.829 bits per heavy atom. The number of fused-ring (bicyclic) bond motifs is 5. The van der Waals surface area contributed by atoms with Crippen molar-refractivity contribution >= 4 is 23.6 Å². The monoisotopic (exact) mass is 456 g/mol. The molecule has 2 N–H and O–H groups in total. The van der Waals surface area contributed by atoms with Crippen LogP contribution in [-0.2, 0) is 5.41 Å². The molecule has 0 radical (unpaired) electrons. The molecule has 0 unspecified atom stereocenters. The number of rotatable bonds is 2. The summed E-state index contributed by atoms with van der Waals surface area (Å²) in [4.78, 5) is 49.7. The van der Waals surface area contributed by atoms with Crippen molar-refractivity contribution in [2.24, 2.45) is 0 Å². The Kier molecular flexibility index (Phi) is 3.70. The minimum Gasteiger partial charge on any atom is -0.288 e. The molecular weight excluding hydrogens is 440 g/mol. The van der Waals surface area contributed by atoms with Crippen LogP contribution in [0.4, 0.5) is 0 Å². The quantitative estimate of drug-likeness (QED) is 0.395. The van der Waals surface area contributed by atoms with Gasteiger partial charge in [-0.2, -0.15) is 0 Å². The van der Waals surface area contributed by atoms with E-state index >= 15 is 0 Å². The number of hydrogen-bond donors (Lipinski definition) is 2. The third-order valence-corrected chi connectivity index (χ3v) is 7.29. The number of amides is 4. The molecule has 2 heterocycles. The Morgan fingerprint density at radius 1 is 0.429 bits per heavy atom. The molecule has 7 rings (SSSR count). The largest absolute Gasteiger partial charge is 0.288 e. The van der Waals surface area contributed by atoms with Gasteiger partial charge in [-0.05, 0) is 57.6 Å². The Hall–Kier alpha value is -4.84. The fourth-order valence-corrected chi connectivity index (χ4v) is 5.83. The van der Waals surface area contributed by atoms with Crippen molar-refractivity contribution < 1.29 is 19.2 Å². The first-order chi connectivity index (χ1) is 17.0. The average molecular weight is 456 g/mol. The van der Waals surface area contributed by atoms with Crippen LogP contribution in [0.1, 0.15) is 63.7 Å². The van der Waals surface area contributed by atoms with E-state index in [0.29, 0.717) is 22.3 Å². The first-order valence-corrected chi connectivity index (χ1v) is 11.2. The molecule has 0 spiro atoms. The fraction of sp³-hybridized carbons (Fsp3) is 0.0345. The number of imide groups is 2. The molecule has 6 heteroatoms. The molecule has 1 aliphatic carbocycles. The molecule has 0 atom stereocenters. The van der Waals surface area contributed by atoms with Crippen molar-refractivity contribution in [1.82, 2.24) is 10.6 Å². The molecular formula is C29H16N2O4. The molecule has 0 aromatic heterocycles. The summed E-state index contributed by atoms with van der Waals surface area (Å²) in [5, 5.41) is 4.73. The molecule has 4 aromatic carbocycles. The van der Waals surface area contributed by atoms with E-state index < -0.39 is 29.0 Å². The van der Waals surface area contributed by atoms with E-state index in [0.717, 1.165) is 33.4 Å². The van der Waals surface area contributed by atoms with E-state index in [-0.39, 0.29) is 0 Å².